The van der Waals surface area contributed by atoms with Crippen LogP contribution in [0.4, 0.5) is 0 Å². The number of carbonyl (C=O) groups is 2. The molecule has 29 heavy (non-hydrogen) atoms. The lowest BCUT2D eigenvalue weighted by Crippen LogP contribution is -2.46. The fourth-order valence-electron chi connectivity index (χ4n) is 2.57. The maximum Gasteiger partial charge on any atom is 0.251 e. The Hall–Kier alpha value is -2.39. The van der Waals surface area contributed by atoms with Crippen LogP contribution in [-0.4, -0.2) is 35.4 Å². The molecular formula is C19H37N6O4. The minimum atomic E-state index is -0.823. The molecule has 0 saturated carbocycles. The Kier molecular flexibility index (Phi) is 15.2. The second-order valence-corrected chi connectivity index (χ2v) is 7.44. The number of nitrogens with one attached hydrogen (secondary N) is 5. The van der Waals surface area contributed by atoms with Crippen LogP contribution in [0.1, 0.15) is 78.6 Å². The number of unbranched alkanes of at least 4 members (excludes halogenated alkanes) is 4. The van der Waals surface area contributed by atoms with Crippen molar-refractivity contribution >= 4 is 17.8 Å². The molecule has 0 heterocycles. The van der Waals surface area contributed by atoms with Crippen molar-refractivity contribution < 1.29 is 14.6 Å². The maximum atomic E-state index is 12.4. The number of hydrazine groups is 1. The van der Waals surface area contributed by atoms with Gasteiger partial charge in [-0.1, -0.05) is 51.9 Å². The molecule has 0 aliphatic heterocycles. The lowest BCUT2D eigenvalue weighted by Gasteiger charge is -2.19. The third-order valence-corrected chi connectivity index (χ3v) is 4.17. The van der Waals surface area contributed by atoms with Crippen molar-refractivity contribution in [3.05, 3.63) is 16.7 Å². The summed E-state index contributed by atoms with van der Waals surface area (Å²) in [5.41, 5.74) is 1.70. The molecule has 0 aromatic carbocycles. The van der Waals surface area contributed by atoms with E-state index < -0.39 is 17.0 Å². The SMILES string of the molecule is CCCCCCCC(=O)N[C@@H](CCCNC(=N)N[N+](=O)[O-])C(=O)N[CH]CC(C)C. The van der Waals surface area contributed by atoms with Gasteiger partial charge in [0.2, 0.25) is 11.8 Å². The lowest BCUT2D eigenvalue weighted by atomic mass is 10.1. The van der Waals surface area contributed by atoms with E-state index in [-0.39, 0.29) is 18.4 Å². The van der Waals surface area contributed by atoms with Crippen LogP contribution in [0.3, 0.4) is 0 Å². The summed E-state index contributed by atoms with van der Waals surface area (Å²) in [4.78, 5) is 34.9. The minimum absolute atomic E-state index is 0.152. The van der Waals surface area contributed by atoms with Crippen molar-refractivity contribution in [2.75, 3.05) is 6.54 Å². The zero-order chi connectivity index (χ0) is 22.1. The van der Waals surface area contributed by atoms with E-state index in [1.54, 1.807) is 12.0 Å². The molecule has 0 aromatic heterocycles. The number of hydrogen-bond donors (Lipinski definition) is 5. The predicted molar refractivity (Wildman–Crippen MR) is 112 cm³/mol. The molecule has 10 heteroatoms. The second-order valence-electron chi connectivity index (χ2n) is 7.44. The molecule has 0 saturated heterocycles. The van der Waals surface area contributed by atoms with Crippen LogP contribution in [0.2, 0.25) is 0 Å². The van der Waals surface area contributed by atoms with Crippen molar-refractivity contribution in [1.82, 2.24) is 21.4 Å². The molecule has 5 N–H and O–H groups in total. The first-order valence-electron chi connectivity index (χ1n) is 10.4. The number of nitrogens with zero attached hydrogens (tertiary/aromatic N) is 1. The smallest absolute Gasteiger partial charge is 0.251 e. The van der Waals surface area contributed by atoms with E-state index in [1.807, 2.05) is 13.8 Å². The Morgan fingerprint density at radius 2 is 1.83 bits per heavy atom. The van der Waals surface area contributed by atoms with Crippen molar-refractivity contribution in [2.24, 2.45) is 5.92 Å². The summed E-state index contributed by atoms with van der Waals surface area (Å²) in [6.07, 6.45) is 7.14. The van der Waals surface area contributed by atoms with Gasteiger partial charge in [-0.2, -0.15) is 0 Å². The Balaban J connectivity index is 4.44. The first-order valence-corrected chi connectivity index (χ1v) is 10.4. The number of rotatable bonds is 16. The van der Waals surface area contributed by atoms with Gasteiger partial charge in [0, 0.05) is 19.5 Å². The number of nitro groups is 1. The molecular weight excluding hydrogens is 376 g/mol. The Morgan fingerprint density at radius 1 is 1.14 bits per heavy atom. The zero-order valence-electron chi connectivity index (χ0n) is 17.9. The molecule has 2 amide bonds. The van der Waals surface area contributed by atoms with Crippen molar-refractivity contribution in [1.29, 1.82) is 5.41 Å². The highest BCUT2D eigenvalue weighted by atomic mass is 16.7. The van der Waals surface area contributed by atoms with Crippen LogP contribution in [0.5, 0.6) is 0 Å². The molecule has 0 bridgehead atoms. The molecule has 0 unspecified atom stereocenters. The van der Waals surface area contributed by atoms with Crippen LogP contribution in [-0.2, 0) is 9.59 Å². The first kappa shape index (κ1) is 26.6. The van der Waals surface area contributed by atoms with Gasteiger partial charge in [-0.25, -0.2) is 10.1 Å². The molecule has 0 rings (SSSR count). The summed E-state index contributed by atoms with van der Waals surface area (Å²) in [6, 6.07) is -0.680. The van der Waals surface area contributed by atoms with E-state index in [4.69, 9.17) is 5.41 Å². The molecule has 0 spiro atoms. The van der Waals surface area contributed by atoms with Crippen LogP contribution in [0.25, 0.3) is 0 Å². The summed E-state index contributed by atoms with van der Waals surface area (Å²) in [7, 11) is 0. The number of carbonyl (C=O) groups excluding carboxylic acids is 2. The van der Waals surface area contributed by atoms with E-state index in [2.05, 4.69) is 22.9 Å². The van der Waals surface area contributed by atoms with Gasteiger partial charge >= 0.3 is 0 Å². The standard InChI is InChI=1S/C19H37N6O4/c1-4-5-6-7-8-11-17(26)23-16(18(27)21-14-12-15(2)3)10-9-13-22-19(20)24-25(28)29/h14-16H,4-13H2,1-3H3,(H,21,27)(H,23,26)(H3,20,22,24)/t16-/m0/s1. The average molecular weight is 414 g/mol. The van der Waals surface area contributed by atoms with Crippen LogP contribution in [0.15, 0.2) is 0 Å². The number of amides is 2. The maximum absolute atomic E-state index is 12.4. The minimum Gasteiger partial charge on any atom is -0.352 e. The lowest BCUT2D eigenvalue weighted by molar-refractivity contribution is -0.525. The number of guanidine groups is 1. The highest BCUT2D eigenvalue weighted by Crippen LogP contribution is 2.06. The third kappa shape index (κ3) is 16.3. The largest absolute Gasteiger partial charge is 0.352 e. The van der Waals surface area contributed by atoms with Gasteiger partial charge in [0.15, 0.2) is 5.03 Å². The topological polar surface area (TPSA) is 149 Å². The summed E-state index contributed by atoms with van der Waals surface area (Å²) >= 11 is 0. The highest BCUT2D eigenvalue weighted by Gasteiger charge is 2.20. The fourth-order valence-corrected chi connectivity index (χ4v) is 2.57. The van der Waals surface area contributed by atoms with Crippen molar-refractivity contribution in [3.8, 4) is 0 Å². The molecule has 1 atom stereocenters. The van der Waals surface area contributed by atoms with Gasteiger partial charge in [-0.05, 0) is 31.6 Å². The fraction of sp³-hybridized carbons (Fsp3) is 0.789. The van der Waals surface area contributed by atoms with Crippen LogP contribution < -0.4 is 21.4 Å². The highest BCUT2D eigenvalue weighted by molar-refractivity contribution is 5.87. The Morgan fingerprint density at radius 3 is 2.45 bits per heavy atom. The Bertz CT molecular complexity index is 513. The predicted octanol–water partition coefficient (Wildman–Crippen LogP) is 2.24. The van der Waals surface area contributed by atoms with Gasteiger partial charge in [0.05, 0.1) is 0 Å². The Labute approximate surface area is 173 Å². The van der Waals surface area contributed by atoms with Gasteiger partial charge in [0.25, 0.3) is 5.96 Å². The summed E-state index contributed by atoms with van der Waals surface area (Å²) in [6.45, 7) is 8.19. The monoisotopic (exact) mass is 413 g/mol. The van der Waals surface area contributed by atoms with Crippen LogP contribution >= 0.6 is 0 Å². The normalized spacial score (nSPS) is 11.6. The molecule has 10 nitrogen and oxygen atoms in total. The molecule has 0 aromatic rings. The molecule has 0 fully saturated rings. The molecule has 0 aliphatic carbocycles. The van der Waals surface area contributed by atoms with Crippen molar-refractivity contribution in [2.45, 2.75) is 84.6 Å². The molecule has 1 radical (unpaired) electrons. The van der Waals surface area contributed by atoms with E-state index in [0.29, 0.717) is 25.2 Å². The summed E-state index contributed by atoms with van der Waals surface area (Å²) < 4.78 is 0. The van der Waals surface area contributed by atoms with E-state index in [0.717, 1.165) is 38.5 Å². The van der Waals surface area contributed by atoms with E-state index in [9.17, 15) is 19.7 Å². The molecule has 167 valence electrons. The van der Waals surface area contributed by atoms with E-state index in [1.165, 1.54) is 0 Å². The first-order chi connectivity index (χ1) is 13.8. The number of hydrogen-bond acceptors (Lipinski definition) is 5. The third-order valence-electron chi connectivity index (χ3n) is 4.17. The second kappa shape index (κ2) is 16.6. The van der Waals surface area contributed by atoms with Gasteiger partial charge in [0.1, 0.15) is 6.04 Å². The van der Waals surface area contributed by atoms with Crippen LogP contribution in [0, 0.1) is 28.0 Å². The summed E-state index contributed by atoms with van der Waals surface area (Å²) in [5, 5.41) is 24.9. The van der Waals surface area contributed by atoms with Gasteiger partial charge in [-0.15, -0.1) is 0 Å². The average Bonchev–Trinajstić information content (AvgIpc) is 2.63. The van der Waals surface area contributed by atoms with Gasteiger partial charge in [-0.3, -0.25) is 15.0 Å². The van der Waals surface area contributed by atoms with E-state index >= 15 is 0 Å². The summed E-state index contributed by atoms with van der Waals surface area (Å²) in [5.74, 6) is -0.433. The van der Waals surface area contributed by atoms with Gasteiger partial charge < -0.3 is 16.0 Å². The quantitative estimate of drug-likeness (QED) is 0.0861. The zero-order valence-corrected chi connectivity index (χ0v) is 17.9. The van der Waals surface area contributed by atoms with Crippen molar-refractivity contribution in [3.63, 3.8) is 0 Å². The molecule has 0 aliphatic rings.